The summed E-state index contributed by atoms with van der Waals surface area (Å²) < 4.78 is 0. The molecular formula is C29H21N7O2. The van der Waals surface area contributed by atoms with Gasteiger partial charge in [-0.05, 0) is 60.7 Å². The summed E-state index contributed by atoms with van der Waals surface area (Å²) in [5.41, 5.74) is 9.99. The van der Waals surface area contributed by atoms with Crippen molar-refractivity contribution >= 4 is 51.3 Å². The Hall–Kier alpha value is -5.75. The molecule has 38 heavy (non-hydrogen) atoms. The van der Waals surface area contributed by atoms with Gasteiger partial charge in [-0.25, -0.2) is 9.97 Å². The molecule has 5 rings (SSSR count). The highest BCUT2D eigenvalue weighted by Crippen LogP contribution is 2.26. The highest BCUT2D eigenvalue weighted by Gasteiger charge is 2.13. The number of hydrogen-bond donors (Lipinski definition) is 4. The Bertz CT molecular complexity index is 1710. The second-order valence-electron chi connectivity index (χ2n) is 8.23. The number of nitrogens with two attached hydrogens (primary N) is 1. The normalized spacial score (nSPS) is 10.4. The van der Waals surface area contributed by atoms with Crippen LogP contribution in [0.5, 0.6) is 0 Å². The topological polar surface area (TPSA) is 135 Å². The molecule has 2 heterocycles. The van der Waals surface area contributed by atoms with E-state index in [0.29, 0.717) is 33.8 Å². The van der Waals surface area contributed by atoms with Crippen LogP contribution in [-0.2, 0) is 0 Å². The minimum absolute atomic E-state index is 0.150. The molecule has 0 spiro atoms. The van der Waals surface area contributed by atoms with Gasteiger partial charge in [0.25, 0.3) is 11.8 Å². The molecule has 9 nitrogen and oxygen atoms in total. The molecule has 0 aliphatic rings. The Kier molecular flexibility index (Phi) is 6.61. The van der Waals surface area contributed by atoms with Crippen molar-refractivity contribution in [3.05, 3.63) is 108 Å². The fraction of sp³-hybridized carbons (Fsp3) is 0. The summed E-state index contributed by atoms with van der Waals surface area (Å²) in [6, 6.07) is 22.6. The number of hydrogen-bond acceptors (Lipinski definition) is 7. The van der Waals surface area contributed by atoms with Crippen LogP contribution >= 0.6 is 0 Å². The zero-order chi connectivity index (χ0) is 26.5. The lowest BCUT2D eigenvalue weighted by molar-refractivity contribution is 0.101. The van der Waals surface area contributed by atoms with Gasteiger partial charge in [0.15, 0.2) is 0 Å². The van der Waals surface area contributed by atoms with Crippen LogP contribution in [-0.4, -0.2) is 26.8 Å². The molecule has 5 aromatic rings. The molecule has 0 bridgehead atoms. The number of nitrogens with one attached hydrogen (secondary N) is 3. The molecule has 2 amide bonds. The number of anilines is 5. The lowest BCUT2D eigenvalue weighted by atomic mass is 10.1. The predicted octanol–water partition coefficient (Wildman–Crippen LogP) is 4.84. The molecule has 0 saturated carbocycles. The van der Waals surface area contributed by atoms with Crippen molar-refractivity contribution in [3.63, 3.8) is 0 Å². The van der Waals surface area contributed by atoms with Crippen LogP contribution in [0.15, 0.2) is 91.4 Å². The average molecular weight is 500 g/mol. The molecule has 5 N–H and O–H groups in total. The number of nitrogen functional groups attached to an aromatic ring is 1. The number of rotatable bonds is 6. The molecule has 9 heteroatoms. The minimum Gasteiger partial charge on any atom is -0.397 e. The molecule has 0 saturated heterocycles. The number of benzene rings is 3. The zero-order valence-electron chi connectivity index (χ0n) is 20.0. The van der Waals surface area contributed by atoms with Crippen LogP contribution in [0.25, 0.3) is 10.9 Å². The van der Waals surface area contributed by atoms with Gasteiger partial charge in [-0.3, -0.25) is 14.6 Å². The Balaban J connectivity index is 1.31. The maximum absolute atomic E-state index is 12.9. The van der Waals surface area contributed by atoms with Gasteiger partial charge in [0.1, 0.15) is 17.8 Å². The highest BCUT2D eigenvalue weighted by molar-refractivity contribution is 6.07. The van der Waals surface area contributed by atoms with Crippen LogP contribution in [0.1, 0.15) is 26.4 Å². The molecule has 184 valence electrons. The summed E-state index contributed by atoms with van der Waals surface area (Å²) in [5, 5.41) is 9.52. The van der Waals surface area contributed by atoms with Gasteiger partial charge < -0.3 is 21.7 Å². The predicted molar refractivity (Wildman–Crippen MR) is 148 cm³/mol. The summed E-state index contributed by atoms with van der Waals surface area (Å²) in [7, 11) is 0. The Morgan fingerprint density at radius 3 is 2.47 bits per heavy atom. The van der Waals surface area contributed by atoms with Crippen molar-refractivity contribution in [2.75, 3.05) is 21.7 Å². The number of terminal acetylenes is 1. The van der Waals surface area contributed by atoms with Crippen molar-refractivity contribution in [2.24, 2.45) is 0 Å². The van der Waals surface area contributed by atoms with Gasteiger partial charge in [0, 0.05) is 28.5 Å². The van der Waals surface area contributed by atoms with Crippen LogP contribution in [0.3, 0.4) is 0 Å². The quantitative estimate of drug-likeness (QED) is 0.194. The van der Waals surface area contributed by atoms with E-state index >= 15 is 0 Å². The van der Waals surface area contributed by atoms with Crippen molar-refractivity contribution in [3.8, 4) is 12.3 Å². The molecule has 0 fully saturated rings. The first-order valence-electron chi connectivity index (χ1n) is 11.5. The standard InChI is InChI=1S/C29H21N7O2/c1-2-18-6-5-7-20(14-18)34-27-22-15-21(11-13-24(22)32-17-33-27)35-28(37)19-10-12-26(31-16-19)29(38)36-25-9-4-3-8-23(25)30/h1,3-17H,30H2,(H,35,37)(H,36,38)(H,32,33,34). The van der Waals surface area contributed by atoms with E-state index in [4.69, 9.17) is 12.2 Å². The molecule has 0 radical (unpaired) electrons. The van der Waals surface area contributed by atoms with E-state index in [1.165, 1.54) is 24.7 Å². The number of carbonyl (C=O) groups excluding carboxylic acids is 2. The first-order chi connectivity index (χ1) is 18.5. The average Bonchev–Trinajstić information content (AvgIpc) is 2.95. The maximum Gasteiger partial charge on any atom is 0.274 e. The van der Waals surface area contributed by atoms with Crippen LogP contribution < -0.4 is 21.7 Å². The van der Waals surface area contributed by atoms with Gasteiger partial charge in [0.05, 0.1) is 22.5 Å². The van der Waals surface area contributed by atoms with Gasteiger partial charge in [-0.1, -0.05) is 24.1 Å². The third-order valence-corrected chi connectivity index (χ3v) is 5.65. The second kappa shape index (κ2) is 10.5. The van der Waals surface area contributed by atoms with E-state index in [1.54, 1.807) is 42.5 Å². The van der Waals surface area contributed by atoms with Gasteiger partial charge in [0.2, 0.25) is 0 Å². The van der Waals surface area contributed by atoms with Crippen LogP contribution in [0.2, 0.25) is 0 Å². The largest absolute Gasteiger partial charge is 0.397 e. The van der Waals surface area contributed by atoms with Crippen molar-refractivity contribution < 1.29 is 9.59 Å². The third-order valence-electron chi connectivity index (χ3n) is 5.65. The van der Waals surface area contributed by atoms with E-state index in [2.05, 4.69) is 36.8 Å². The second-order valence-corrected chi connectivity index (χ2v) is 8.23. The van der Waals surface area contributed by atoms with Gasteiger partial charge in [-0.2, -0.15) is 0 Å². The van der Waals surface area contributed by atoms with E-state index < -0.39 is 5.91 Å². The molecule has 0 aliphatic heterocycles. The number of fused-ring (bicyclic) bond motifs is 1. The van der Waals surface area contributed by atoms with E-state index in [-0.39, 0.29) is 17.2 Å². The first kappa shape index (κ1) is 24.0. The number of carbonyl (C=O) groups is 2. The molecule has 2 aromatic heterocycles. The molecular weight excluding hydrogens is 478 g/mol. The van der Waals surface area contributed by atoms with Crippen LogP contribution in [0, 0.1) is 12.3 Å². The first-order valence-corrected chi connectivity index (χ1v) is 11.5. The lowest BCUT2D eigenvalue weighted by Gasteiger charge is -2.11. The summed E-state index contributed by atoms with van der Waals surface area (Å²) in [6.45, 7) is 0. The minimum atomic E-state index is -0.433. The number of nitrogens with zero attached hydrogens (tertiary/aromatic N) is 3. The Labute approximate surface area is 218 Å². The van der Waals surface area contributed by atoms with Gasteiger partial charge >= 0.3 is 0 Å². The maximum atomic E-state index is 12.9. The monoisotopic (exact) mass is 499 g/mol. The van der Waals surface area contributed by atoms with Gasteiger partial charge in [-0.15, -0.1) is 6.42 Å². The number of para-hydroxylation sites is 2. The fourth-order valence-corrected chi connectivity index (χ4v) is 3.72. The molecule has 0 atom stereocenters. The Morgan fingerprint density at radius 2 is 1.68 bits per heavy atom. The SMILES string of the molecule is C#Cc1cccc(Nc2ncnc3ccc(NC(=O)c4ccc(C(=O)Nc5ccccc5N)nc4)cc23)c1. The Morgan fingerprint density at radius 1 is 0.816 bits per heavy atom. The van der Waals surface area contributed by atoms with Crippen molar-refractivity contribution in [1.29, 1.82) is 0 Å². The third kappa shape index (κ3) is 5.24. The zero-order valence-corrected chi connectivity index (χ0v) is 20.0. The molecule has 3 aromatic carbocycles. The summed E-state index contributed by atoms with van der Waals surface area (Å²) >= 11 is 0. The number of aromatic nitrogens is 3. The summed E-state index contributed by atoms with van der Waals surface area (Å²) in [6.07, 6.45) is 8.31. The van der Waals surface area contributed by atoms with Crippen molar-refractivity contribution in [1.82, 2.24) is 15.0 Å². The van der Waals surface area contributed by atoms with Crippen LogP contribution in [0.4, 0.5) is 28.6 Å². The lowest BCUT2D eigenvalue weighted by Crippen LogP contribution is -2.16. The van der Waals surface area contributed by atoms with E-state index in [0.717, 1.165) is 11.3 Å². The number of pyridine rings is 1. The fourth-order valence-electron chi connectivity index (χ4n) is 3.72. The van der Waals surface area contributed by atoms with Crippen molar-refractivity contribution in [2.45, 2.75) is 0 Å². The number of amides is 2. The van der Waals surface area contributed by atoms with E-state index in [1.807, 2.05) is 24.3 Å². The molecule has 0 unspecified atom stereocenters. The summed E-state index contributed by atoms with van der Waals surface area (Å²) in [4.78, 5) is 38.2. The smallest absolute Gasteiger partial charge is 0.274 e. The highest BCUT2D eigenvalue weighted by atomic mass is 16.2. The van der Waals surface area contributed by atoms with E-state index in [9.17, 15) is 9.59 Å². The molecule has 0 aliphatic carbocycles. The summed E-state index contributed by atoms with van der Waals surface area (Å²) in [5.74, 6) is 2.35.